The van der Waals surface area contributed by atoms with Crippen molar-refractivity contribution in [2.24, 2.45) is 0 Å². The van der Waals surface area contributed by atoms with Crippen LogP contribution >= 0.6 is 0 Å². The summed E-state index contributed by atoms with van der Waals surface area (Å²) >= 11 is 0. The van der Waals surface area contributed by atoms with Gasteiger partial charge in [0, 0.05) is 6.42 Å². The van der Waals surface area contributed by atoms with E-state index in [0.29, 0.717) is 6.42 Å². The minimum Gasteiger partial charge on any atom is -0.481 e. The van der Waals surface area contributed by atoms with Crippen molar-refractivity contribution < 1.29 is 15.0 Å². The van der Waals surface area contributed by atoms with Gasteiger partial charge in [-0.25, -0.2) is 0 Å². The van der Waals surface area contributed by atoms with Crippen molar-refractivity contribution in [1.82, 2.24) is 0 Å². The first-order chi connectivity index (χ1) is 12.2. The van der Waals surface area contributed by atoms with Crippen molar-refractivity contribution in [3.63, 3.8) is 0 Å². The van der Waals surface area contributed by atoms with Gasteiger partial charge in [-0.05, 0) is 44.9 Å². The Balaban J connectivity index is 3.63. The summed E-state index contributed by atoms with van der Waals surface area (Å²) in [5.41, 5.74) is 0. The van der Waals surface area contributed by atoms with Crippen molar-refractivity contribution in [1.29, 1.82) is 0 Å². The lowest BCUT2D eigenvalue weighted by atomic mass is 10.1. The molecule has 1 atom stereocenters. The number of carbonyl (C=O) groups is 1. The second-order valence-electron chi connectivity index (χ2n) is 5.90. The number of aliphatic hydroxyl groups is 1. The number of hydrogen-bond acceptors (Lipinski definition) is 2. The van der Waals surface area contributed by atoms with E-state index in [-0.39, 0.29) is 6.42 Å². The van der Waals surface area contributed by atoms with Crippen molar-refractivity contribution in [2.75, 3.05) is 0 Å². The number of aliphatic carboxylic acids is 1. The van der Waals surface area contributed by atoms with Gasteiger partial charge in [-0.2, -0.15) is 0 Å². The highest BCUT2D eigenvalue weighted by Gasteiger charge is 1.96. The molecule has 0 saturated heterocycles. The van der Waals surface area contributed by atoms with E-state index in [1.165, 1.54) is 0 Å². The van der Waals surface area contributed by atoms with Crippen LogP contribution in [0.15, 0.2) is 60.8 Å². The molecule has 0 saturated carbocycles. The van der Waals surface area contributed by atoms with Gasteiger partial charge in [0.25, 0.3) is 0 Å². The number of aliphatic hydroxyl groups excluding tert-OH is 1. The maximum absolute atomic E-state index is 10.4. The van der Waals surface area contributed by atoms with Crippen LogP contribution in [-0.4, -0.2) is 22.3 Å². The van der Waals surface area contributed by atoms with Crippen LogP contribution in [0.5, 0.6) is 0 Å². The summed E-state index contributed by atoms with van der Waals surface area (Å²) in [4.78, 5) is 10.4. The van der Waals surface area contributed by atoms with Crippen LogP contribution in [0.4, 0.5) is 0 Å². The highest BCUT2D eigenvalue weighted by Crippen LogP contribution is 2.05. The van der Waals surface area contributed by atoms with E-state index in [9.17, 15) is 9.90 Å². The maximum Gasteiger partial charge on any atom is 0.303 e. The molecule has 0 radical (unpaired) electrons. The molecule has 25 heavy (non-hydrogen) atoms. The van der Waals surface area contributed by atoms with Gasteiger partial charge < -0.3 is 10.2 Å². The molecule has 0 aromatic heterocycles. The fourth-order valence-electron chi connectivity index (χ4n) is 2.11. The predicted octanol–water partition coefficient (Wildman–Crippen LogP) is 5.74. The second kappa shape index (κ2) is 18.5. The highest BCUT2D eigenvalue weighted by atomic mass is 16.4. The first-order valence-electron chi connectivity index (χ1n) is 9.35. The molecule has 3 heteroatoms. The Kier molecular flexibility index (Phi) is 17.1. The van der Waals surface area contributed by atoms with Gasteiger partial charge in [0.2, 0.25) is 0 Å². The van der Waals surface area contributed by atoms with Crippen molar-refractivity contribution in [3.8, 4) is 0 Å². The summed E-state index contributed by atoms with van der Waals surface area (Å²) < 4.78 is 0. The topological polar surface area (TPSA) is 57.5 Å². The largest absolute Gasteiger partial charge is 0.481 e. The van der Waals surface area contributed by atoms with E-state index in [1.807, 2.05) is 18.2 Å². The first kappa shape index (κ1) is 23.1. The molecule has 0 aromatic rings. The third kappa shape index (κ3) is 20.1. The van der Waals surface area contributed by atoms with Gasteiger partial charge >= 0.3 is 5.97 Å². The number of rotatable bonds is 15. The van der Waals surface area contributed by atoms with Crippen LogP contribution < -0.4 is 0 Å². The summed E-state index contributed by atoms with van der Waals surface area (Å²) in [5.74, 6) is -0.723. The molecule has 0 bridgehead atoms. The summed E-state index contributed by atoms with van der Waals surface area (Å²) in [6.45, 7) is 2.13. The monoisotopic (exact) mass is 346 g/mol. The Morgan fingerprint density at radius 1 is 0.880 bits per heavy atom. The lowest BCUT2D eigenvalue weighted by Gasteiger charge is -1.99. The fourth-order valence-corrected chi connectivity index (χ4v) is 2.11. The zero-order valence-corrected chi connectivity index (χ0v) is 15.5. The van der Waals surface area contributed by atoms with Crippen LogP contribution in [0, 0.1) is 0 Å². The molecule has 0 aliphatic carbocycles. The molecule has 2 N–H and O–H groups in total. The lowest BCUT2D eigenvalue weighted by molar-refractivity contribution is -0.137. The minimum atomic E-state index is -0.723. The second-order valence-corrected chi connectivity index (χ2v) is 5.90. The smallest absolute Gasteiger partial charge is 0.303 e. The Morgan fingerprint density at radius 2 is 1.60 bits per heavy atom. The van der Waals surface area contributed by atoms with E-state index in [4.69, 9.17) is 5.11 Å². The molecule has 0 amide bonds. The Labute approximate surface area is 153 Å². The molecule has 0 aromatic carbocycles. The van der Waals surface area contributed by atoms with Gasteiger partial charge in [0.1, 0.15) is 0 Å². The average molecular weight is 347 g/mol. The predicted molar refractivity (Wildman–Crippen MR) is 107 cm³/mol. The molecule has 0 heterocycles. The molecule has 0 aliphatic rings. The first-order valence-corrected chi connectivity index (χ1v) is 9.35. The zero-order valence-electron chi connectivity index (χ0n) is 15.5. The quantitative estimate of drug-likeness (QED) is 0.226. The summed E-state index contributed by atoms with van der Waals surface area (Å²) in [6, 6.07) is 0. The van der Waals surface area contributed by atoms with Crippen LogP contribution in [0.3, 0.4) is 0 Å². The van der Waals surface area contributed by atoms with E-state index < -0.39 is 12.1 Å². The Hall–Kier alpha value is -1.87. The molecular weight excluding hydrogens is 312 g/mol. The van der Waals surface area contributed by atoms with Crippen molar-refractivity contribution in [3.05, 3.63) is 60.8 Å². The number of carboxylic acid groups (broad SMARTS) is 1. The van der Waals surface area contributed by atoms with E-state index >= 15 is 0 Å². The van der Waals surface area contributed by atoms with Gasteiger partial charge in [-0.15, -0.1) is 0 Å². The molecule has 0 rings (SSSR count). The van der Waals surface area contributed by atoms with E-state index in [1.54, 1.807) is 6.08 Å². The Morgan fingerprint density at radius 3 is 2.32 bits per heavy atom. The fraction of sp³-hybridized carbons (Fsp3) is 0.500. The summed E-state index contributed by atoms with van der Waals surface area (Å²) in [7, 11) is 0. The third-order valence-corrected chi connectivity index (χ3v) is 3.50. The summed E-state index contributed by atoms with van der Waals surface area (Å²) in [5, 5.41) is 18.3. The highest BCUT2D eigenvalue weighted by molar-refractivity contribution is 5.66. The molecule has 0 aliphatic heterocycles. The van der Waals surface area contributed by atoms with E-state index in [0.717, 1.165) is 44.9 Å². The minimum absolute atomic E-state index is 0.256. The zero-order chi connectivity index (χ0) is 18.6. The van der Waals surface area contributed by atoms with Gasteiger partial charge in [-0.1, -0.05) is 74.1 Å². The molecular formula is C22H34O3. The SMILES string of the molecule is CC/C=C\C/C=C\C/C=C/C=C/[C@H](O)C/C=C/CCCCCC(=O)O. The normalized spacial score (nSPS) is 14.0. The van der Waals surface area contributed by atoms with E-state index in [2.05, 4.69) is 43.4 Å². The molecule has 0 fully saturated rings. The molecule has 3 nitrogen and oxygen atoms in total. The van der Waals surface area contributed by atoms with Crippen molar-refractivity contribution in [2.45, 2.75) is 70.8 Å². The molecule has 0 spiro atoms. The van der Waals surface area contributed by atoms with Gasteiger partial charge in [0.15, 0.2) is 0 Å². The molecule has 140 valence electrons. The van der Waals surface area contributed by atoms with Crippen LogP contribution in [0.2, 0.25) is 0 Å². The van der Waals surface area contributed by atoms with Gasteiger partial charge in [0.05, 0.1) is 6.10 Å². The Bertz CT molecular complexity index is 456. The standard InChI is InChI=1S/C22H34O3/c1-2-3-4-5-6-7-8-9-12-15-18-21(23)19-16-13-10-11-14-17-20-22(24)25/h3-4,6-7,9,12-13,15-16,18,21,23H,2,5,8,10-11,14,17,19-20H2,1H3,(H,24,25)/b4-3-,7-6-,12-9+,16-13+,18-15+/t21-/m0/s1. The number of unbranched alkanes of at least 4 members (excludes halogenated alkanes) is 3. The average Bonchev–Trinajstić information content (AvgIpc) is 2.58. The number of hydrogen-bond donors (Lipinski definition) is 2. The third-order valence-electron chi connectivity index (χ3n) is 3.50. The van der Waals surface area contributed by atoms with Gasteiger partial charge in [-0.3, -0.25) is 4.79 Å². The summed E-state index contributed by atoms with van der Waals surface area (Å²) in [6.07, 6.45) is 27.4. The molecule has 0 unspecified atom stereocenters. The lowest BCUT2D eigenvalue weighted by Crippen LogP contribution is -1.98. The number of carboxylic acids is 1. The maximum atomic E-state index is 10.4. The van der Waals surface area contributed by atoms with Crippen LogP contribution in [0.1, 0.15) is 64.7 Å². The van der Waals surface area contributed by atoms with Crippen LogP contribution in [0.25, 0.3) is 0 Å². The van der Waals surface area contributed by atoms with Crippen molar-refractivity contribution >= 4 is 5.97 Å². The van der Waals surface area contributed by atoms with Crippen LogP contribution in [-0.2, 0) is 4.79 Å². The number of allylic oxidation sites excluding steroid dienone is 8.